The Labute approximate surface area is 125 Å². The first-order valence-corrected chi connectivity index (χ1v) is 6.71. The number of aromatic nitrogens is 2. The van der Waals surface area contributed by atoms with Crippen LogP contribution in [0.2, 0.25) is 0 Å². The zero-order chi connectivity index (χ0) is 15.1. The molecule has 1 heterocycles. The van der Waals surface area contributed by atoms with Crippen molar-refractivity contribution >= 4 is 32.9 Å². The van der Waals surface area contributed by atoms with Gasteiger partial charge in [0.25, 0.3) is 0 Å². The summed E-state index contributed by atoms with van der Waals surface area (Å²) in [4.78, 5) is 25.7. The third kappa shape index (κ3) is 2.15. The van der Waals surface area contributed by atoms with E-state index < -0.39 is 17.5 Å². The summed E-state index contributed by atoms with van der Waals surface area (Å²) < 4.78 is 15.6. The van der Waals surface area contributed by atoms with Crippen molar-refractivity contribution in [2.45, 2.75) is 0 Å². The molecule has 106 valence electrons. The molecule has 0 aliphatic carbocycles. The Morgan fingerprint density at radius 3 is 2.71 bits per heavy atom. The van der Waals surface area contributed by atoms with Crippen LogP contribution in [0, 0.1) is 5.82 Å². The highest BCUT2D eigenvalue weighted by Crippen LogP contribution is 2.26. The highest BCUT2D eigenvalue weighted by atomic mass is 79.9. The molecule has 7 heteroatoms. The minimum atomic E-state index is -1.12. The maximum absolute atomic E-state index is 14.1. The van der Waals surface area contributed by atoms with Crippen molar-refractivity contribution in [1.29, 1.82) is 0 Å². The predicted octanol–water partition coefficient (Wildman–Crippen LogP) is 2.92. The molecule has 0 saturated heterocycles. The van der Waals surface area contributed by atoms with Gasteiger partial charge in [-0.2, -0.15) is 0 Å². The molecule has 0 radical (unpaired) electrons. The molecule has 0 aliphatic heterocycles. The number of aromatic carboxylic acids is 1. The second-order valence-electron chi connectivity index (χ2n) is 4.37. The molecule has 0 amide bonds. The molecule has 0 spiro atoms. The number of aromatic amines is 1. The predicted molar refractivity (Wildman–Crippen MR) is 78.5 cm³/mol. The zero-order valence-corrected chi connectivity index (χ0v) is 12.0. The second kappa shape index (κ2) is 4.85. The smallest absolute Gasteiger partial charge is 0.335 e. The molecule has 0 atom stereocenters. The molecule has 3 aromatic rings. The number of halogens is 2. The Kier molecular flexibility index (Phi) is 3.13. The van der Waals surface area contributed by atoms with Gasteiger partial charge in [-0.25, -0.2) is 14.0 Å². The monoisotopic (exact) mass is 350 g/mol. The maximum Gasteiger partial charge on any atom is 0.335 e. The molecule has 0 bridgehead atoms. The number of H-pyrrole nitrogens is 1. The van der Waals surface area contributed by atoms with Crippen LogP contribution in [0.15, 0.2) is 45.7 Å². The molecular weight excluding hydrogens is 343 g/mol. The Bertz CT molecular complexity index is 909. The van der Waals surface area contributed by atoms with Crippen LogP contribution < -0.4 is 5.69 Å². The van der Waals surface area contributed by atoms with Crippen LogP contribution in [0.5, 0.6) is 0 Å². The number of fused-ring (bicyclic) bond motifs is 1. The largest absolute Gasteiger partial charge is 0.478 e. The van der Waals surface area contributed by atoms with Crippen LogP contribution in [0.4, 0.5) is 4.39 Å². The SMILES string of the molecule is O=C(O)c1ccc2[nH]c(=O)n(-c3c(F)cccc3Br)c2c1. The van der Waals surface area contributed by atoms with Gasteiger partial charge in [-0.15, -0.1) is 0 Å². The summed E-state index contributed by atoms with van der Waals surface area (Å²) in [5.74, 6) is -1.71. The fraction of sp³-hybridized carbons (Fsp3) is 0. The van der Waals surface area contributed by atoms with Gasteiger partial charge < -0.3 is 10.1 Å². The van der Waals surface area contributed by atoms with Crippen molar-refractivity contribution in [1.82, 2.24) is 9.55 Å². The van der Waals surface area contributed by atoms with Crippen molar-refractivity contribution in [2.24, 2.45) is 0 Å². The first-order chi connectivity index (χ1) is 9.99. The highest BCUT2D eigenvalue weighted by Gasteiger charge is 2.16. The Hall–Kier alpha value is -2.41. The van der Waals surface area contributed by atoms with E-state index in [2.05, 4.69) is 20.9 Å². The number of hydrogen-bond acceptors (Lipinski definition) is 2. The third-order valence-corrected chi connectivity index (χ3v) is 3.73. The molecule has 21 heavy (non-hydrogen) atoms. The lowest BCUT2D eigenvalue weighted by Gasteiger charge is -2.07. The molecule has 5 nitrogen and oxygen atoms in total. The normalized spacial score (nSPS) is 11.0. The number of imidazole rings is 1. The van der Waals surface area contributed by atoms with Gasteiger partial charge in [0.15, 0.2) is 0 Å². The molecule has 2 aromatic carbocycles. The van der Waals surface area contributed by atoms with Crippen LogP contribution in [-0.2, 0) is 0 Å². The molecule has 0 saturated carbocycles. The summed E-state index contributed by atoms with van der Waals surface area (Å²) >= 11 is 3.21. The number of benzene rings is 2. The van der Waals surface area contributed by atoms with E-state index in [-0.39, 0.29) is 11.3 Å². The van der Waals surface area contributed by atoms with Crippen molar-refractivity contribution in [3.05, 3.63) is 62.7 Å². The van der Waals surface area contributed by atoms with E-state index in [4.69, 9.17) is 5.11 Å². The fourth-order valence-corrected chi connectivity index (χ4v) is 2.68. The number of nitrogens with one attached hydrogen (secondary N) is 1. The van der Waals surface area contributed by atoms with Gasteiger partial charge in [0.05, 0.1) is 16.6 Å². The van der Waals surface area contributed by atoms with Crippen molar-refractivity contribution < 1.29 is 14.3 Å². The van der Waals surface area contributed by atoms with E-state index in [1.54, 1.807) is 6.07 Å². The first kappa shape index (κ1) is 13.6. The van der Waals surface area contributed by atoms with Gasteiger partial charge >= 0.3 is 11.7 Å². The summed E-state index contributed by atoms with van der Waals surface area (Å²) in [5.41, 5.74) is 0.239. The first-order valence-electron chi connectivity index (χ1n) is 5.91. The number of para-hydroxylation sites is 1. The minimum Gasteiger partial charge on any atom is -0.478 e. The Morgan fingerprint density at radius 1 is 1.29 bits per heavy atom. The molecule has 3 rings (SSSR count). The number of hydrogen-bond donors (Lipinski definition) is 2. The van der Waals surface area contributed by atoms with E-state index in [1.807, 2.05) is 0 Å². The van der Waals surface area contributed by atoms with E-state index in [0.29, 0.717) is 15.5 Å². The summed E-state index contributed by atoms with van der Waals surface area (Å²) in [6.45, 7) is 0. The summed E-state index contributed by atoms with van der Waals surface area (Å²) in [6, 6.07) is 8.52. The van der Waals surface area contributed by atoms with E-state index in [1.165, 1.54) is 30.3 Å². The average molecular weight is 351 g/mol. The maximum atomic E-state index is 14.1. The standard InChI is InChI=1S/C14H8BrFN2O3/c15-8-2-1-3-9(16)12(8)18-11-6-7(13(19)20)4-5-10(11)17-14(18)21/h1-6H,(H,17,21)(H,19,20). The van der Waals surface area contributed by atoms with Crippen LogP contribution in [0.3, 0.4) is 0 Å². The number of carboxylic acid groups (broad SMARTS) is 1. The van der Waals surface area contributed by atoms with Gasteiger partial charge in [0.2, 0.25) is 0 Å². The van der Waals surface area contributed by atoms with Gasteiger partial charge in [-0.1, -0.05) is 6.07 Å². The lowest BCUT2D eigenvalue weighted by molar-refractivity contribution is 0.0697. The van der Waals surface area contributed by atoms with Gasteiger partial charge in [-0.3, -0.25) is 4.57 Å². The van der Waals surface area contributed by atoms with Crippen molar-refractivity contribution in [3.63, 3.8) is 0 Å². The summed E-state index contributed by atoms with van der Waals surface area (Å²) in [6.07, 6.45) is 0. The number of carboxylic acids is 1. The van der Waals surface area contributed by atoms with Crippen molar-refractivity contribution in [2.75, 3.05) is 0 Å². The summed E-state index contributed by atoms with van der Waals surface area (Å²) in [5, 5.41) is 9.04. The van der Waals surface area contributed by atoms with Crippen LogP contribution in [0.25, 0.3) is 16.7 Å². The number of nitrogens with zero attached hydrogens (tertiary/aromatic N) is 1. The molecule has 0 aliphatic rings. The van der Waals surface area contributed by atoms with Crippen LogP contribution >= 0.6 is 15.9 Å². The van der Waals surface area contributed by atoms with Crippen molar-refractivity contribution in [3.8, 4) is 5.69 Å². The zero-order valence-electron chi connectivity index (χ0n) is 10.4. The Balaban J connectivity index is 2.42. The Morgan fingerprint density at radius 2 is 2.05 bits per heavy atom. The second-order valence-corrected chi connectivity index (χ2v) is 5.23. The lowest BCUT2D eigenvalue weighted by Crippen LogP contribution is -2.16. The fourth-order valence-electron chi connectivity index (χ4n) is 2.16. The molecule has 2 N–H and O–H groups in total. The molecular formula is C14H8BrFN2O3. The minimum absolute atomic E-state index is 0.0164. The van der Waals surface area contributed by atoms with E-state index in [0.717, 1.165) is 4.57 Å². The van der Waals surface area contributed by atoms with E-state index >= 15 is 0 Å². The van der Waals surface area contributed by atoms with Gasteiger partial charge in [0, 0.05) is 4.47 Å². The average Bonchev–Trinajstić information content (AvgIpc) is 2.74. The lowest BCUT2D eigenvalue weighted by atomic mass is 10.2. The molecule has 0 unspecified atom stereocenters. The summed E-state index contributed by atoms with van der Waals surface area (Å²) in [7, 11) is 0. The quantitative estimate of drug-likeness (QED) is 0.746. The number of rotatable bonds is 2. The molecule has 1 aromatic heterocycles. The van der Waals surface area contributed by atoms with E-state index in [9.17, 15) is 14.0 Å². The molecule has 0 fully saturated rings. The third-order valence-electron chi connectivity index (χ3n) is 3.09. The number of carbonyl (C=O) groups is 1. The van der Waals surface area contributed by atoms with Gasteiger partial charge in [0.1, 0.15) is 11.5 Å². The van der Waals surface area contributed by atoms with Crippen LogP contribution in [0.1, 0.15) is 10.4 Å². The topological polar surface area (TPSA) is 75.1 Å². The van der Waals surface area contributed by atoms with Gasteiger partial charge in [-0.05, 0) is 46.3 Å². The van der Waals surface area contributed by atoms with Crippen LogP contribution in [-0.4, -0.2) is 20.6 Å². The highest BCUT2D eigenvalue weighted by molar-refractivity contribution is 9.10.